The Morgan fingerprint density at radius 3 is 2.74 bits per heavy atom. The van der Waals surface area contributed by atoms with E-state index in [9.17, 15) is 13.2 Å². The maximum absolute atomic E-state index is 12.1. The summed E-state index contributed by atoms with van der Waals surface area (Å²) in [5.41, 5.74) is 1.87. The van der Waals surface area contributed by atoms with Crippen LogP contribution in [0.1, 0.15) is 12.0 Å². The molecule has 2 aliphatic rings. The molecule has 0 saturated carbocycles. The summed E-state index contributed by atoms with van der Waals surface area (Å²) in [4.78, 5) is 13.8. The third kappa shape index (κ3) is 2.21. The second-order valence-electron chi connectivity index (χ2n) is 5.33. The first kappa shape index (κ1) is 13.1. The van der Waals surface area contributed by atoms with E-state index in [2.05, 4.69) is 15.9 Å². The second kappa shape index (κ2) is 4.31. The SMILES string of the molecule is Cc1ccc(N2C(=O)C[C@H]3CS(=O)(=O)C[C@@H]32)c(Br)c1. The molecule has 0 radical (unpaired) electrons. The Labute approximate surface area is 120 Å². The Hall–Kier alpha value is -0.880. The van der Waals surface area contributed by atoms with E-state index in [1.165, 1.54) is 0 Å². The van der Waals surface area contributed by atoms with Gasteiger partial charge in [0, 0.05) is 16.8 Å². The van der Waals surface area contributed by atoms with Crippen molar-refractivity contribution in [3.8, 4) is 0 Å². The van der Waals surface area contributed by atoms with Gasteiger partial charge < -0.3 is 4.90 Å². The van der Waals surface area contributed by atoms with Crippen molar-refractivity contribution >= 4 is 37.4 Å². The summed E-state index contributed by atoms with van der Waals surface area (Å²) in [5.74, 6) is 0.202. The molecule has 2 atom stereocenters. The highest BCUT2D eigenvalue weighted by molar-refractivity contribution is 9.10. The van der Waals surface area contributed by atoms with E-state index in [1.807, 2.05) is 25.1 Å². The quantitative estimate of drug-likeness (QED) is 0.782. The van der Waals surface area contributed by atoms with Gasteiger partial charge in [-0.2, -0.15) is 0 Å². The van der Waals surface area contributed by atoms with Crippen LogP contribution in [-0.4, -0.2) is 31.9 Å². The summed E-state index contributed by atoms with van der Waals surface area (Å²) in [6.45, 7) is 1.98. The highest BCUT2D eigenvalue weighted by Crippen LogP contribution is 2.40. The van der Waals surface area contributed by atoms with Crippen molar-refractivity contribution in [1.29, 1.82) is 0 Å². The fraction of sp³-hybridized carbons (Fsp3) is 0.462. The number of amides is 1. The van der Waals surface area contributed by atoms with Crippen molar-refractivity contribution in [2.24, 2.45) is 5.92 Å². The Bertz CT molecular complexity index is 656. The lowest BCUT2D eigenvalue weighted by atomic mass is 10.0. The minimum atomic E-state index is -3.00. The minimum Gasteiger partial charge on any atom is -0.307 e. The largest absolute Gasteiger partial charge is 0.307 e. The van der Waals surface area contributed by atoms with Crippen LogP contribution in [0.2, 0.25) is 0 Å². The smallest absolute Gasteiger partial charge is 0.227 e. The van der Waals surface area contributed by atoms with E-state index in [0.717, 1.165) is 15.7 Å². The van der Waals surface area contributed by atoms with Gasteiger partial charge >= 0.3 is 0 Å². The number of anilines is 1. The lowest BCUT2D eigenvalue weighted by molar-refractivity contribution is -0.117. The van der Waals surface area contributed by atoms with E-state index in [4.69, 9.17) is 0 Å². The molecule has 0 aromatic heterocycles. The predicted molar refractivity (Wildman–Crippen MR) is 76.9 cm³/mol. The molecule has 2 heterocycles. The fourth-order valence-corrected chi connectivity index (χ4v) is 5.76. The summed E-state index contributed by atoms with van der Waals surface area (Å²) in [6, 6.07) is 5.56. The van der Waals surface area contributed by atoms with E-state index in [1.54, 1.807) is 4.90 Å². The van der Waals surface area contributed by atoms with Crippen LogP contribution < -0.4 is 4.90 Å². The van der Waals surface area contributed by atoms with Crippen LogP contribution in [0, 0.1) is 12.8 Å². The summed E-state index contributed by atoms with van der Waals surface area (Å²) in [7, 11) is -3.00. The number of rotatable bonds is 1. The highest BCUT2D eigenvalue weighted by Gasteiger charge is 2.49. The van der Waals surface area contributed by atoms with Gasteiger partial charge in [0.15, 0.2) is 9.84 Å². The molecule has 0 unspecified atom stereocenters. The van der Waals surface area contributed by atoms with Gasteiger partial charge in [0.25, 0.3) is 0 Å². The molecule has 6 heteroatoms. The number of sulfone groups is 1. The van der Waals surface area contributed by atoms with Crippen LogP contribution in [0.4, 0.5) is 5.69 Å². The van der Waals surface area contributed by atoms with Crippen LogP contribution in [-0.2, 0) is 14.6 Å². The lowest BCUT2D eigenvalue weighted by Crippen LogP contribution is -2.36. The maximum Gasteiger partial charge on any atom is 0.227 e. The van der Waals surface area contributed by atoms with Crippen LogP contribution >= 0.6 is 15.9 Å². The zero-order chi connectivity index (χ0) is 13.8. The third-order valence-electron chi connectivity index (χ3n) is 3.84. The predicted octanol–water partition coefficient (Wildman–Crippen LogP) is 1.91. The standard InChI is InChI=1S/C13H14BrNO3S/c1-8-2-3-11(10(14)4-8)15-12-7-19(17,18)6-9(12)5-13(15)16/h2-4,9,12H,5-7H2,1H3/t9-,12-/m0/s1. The average molecular weight is 344 g/mol. The first-order valence-corrected chi connectivity index (χ1v) is 8.77. The number of aryl methyl sites for hydroxylation is 1. The summed E-state index contributed by atoms with van der Waals surface area (Å²) in [6.07, 6.45) is 0.338. The van der Waals surface area contributed by atoms with E-state index in [0.29, 0.717) is 6.42 Å². The zero-order valence-corrected chi connectivity index (χ0v) is 12.9. The third-order valence-corrected chi connectivity index (χ3v) is 6.26. The number of hydrogen-bond donors (Lipinski definition) is 0. The van der Waals surface area contributed by atoms with E-state index in [-0.39, 0.29) is 29.4 Å². The lowest BCUT2D eigenvalue weighted by Gasteiger charge is -2.24. The van der Waals surface area contributed by atoms with Crippen molar-refractivity contribution < 1.29 is 13.2 Å². The van der Waals surface area contributed by atoms with Crippen molar-refractivity contribution in [3.05, 3.63) is 28.2 Å². The molecule has 2 fully saturated rings. The summed E-state index contributed by atoms with van der Waals surface area (Å²) >= 11 is 3.47. The van der Waals surface area contributed by atoms with E-state index < -0.39 is 9.84 Å². The number of benzene rings is 1. The summed E-state index contributed by atoms with van der Waals surface area (Å²) in [5, 5.41) is 0. The van der Waals surface area contributed by atoms with Gasteiger partial charge in [-0.3, -0.25) is 4.79 Å². The van der Waals surface area contributed by atoms with E-state index >= 15 is 0 Å². The number of carbonyl (C=O) groups excluding carboxylic acids is 1. The van der Waals surface area contributed by atoms with Crippen LogP contribution in [0.3, 0.4) is 0 Å². The molecule has 4 nitrogen and oxygen atoms in total. The second-order valence-corrected chi connectivity index (χ2v) is 8.34. The molecular weight excluding hydrogens is 330 g/mol. The Kier molecular flexibility index (Phi) is 2.98. The van der Waals surface area contributed by atoms with Crippen LogP contribution in [0.5, 0.6) is 0 Å². The maximum atomic E-state index is 12.1. The number of nitrogens with zero attached hydrogens (tertiary/aromatic N) is 1. The molecule has 1 aromatic rings. The Balaban J connectivity index is 2.02. The van der Waals surface area contributed by atoms with Gasteiger partial charge in [-0.25, -0.2) is 8.42 Å². The highest BCUT2D eigenvalue weighted by atomic mass is 79.9. The first-order valence-electron chi connectivity index (χ1n) is 6.16. The molecular formula is C13H14BrNO3S. The van der Waals surface area contributed by atoms with Gasteiger partial charge in [-0.05, 0) is 40.5 Å². The van der Waals surface area contributed by atoms with Gasteiger partial charge in [-0.15, -0.1) is 0 Å². The number of halogens is 1. The Morgan fingerprint density at radius 1 is 1.32 bits per heavy atom. The molecule has 2 saturated heterocycles. The molecule has 1 amide bonds. The Morgan fingerprint density at radius 2 is 2.05 bits per heavy atom. The van der Waals surface area contributed by atoms with Crippen molar-refractivity contribution in [1.82, 2.24) is 0 Å². The molecule has 19 heavy (non-hydrogen) atoms. The zero-order valence-electron chi connectivity index (χ0n) is 10.5. The molecule has 1 aromatic carbocycles. The monoisotopic (exact) mass is 343 g/mol. The number of fused-ring (bicyclic) bond motifs is 1. The van der Waals surface area contributed by atoms with Gasteiger partial charge in [0.1, 0.15) is 0 Å². The van der Waals surface area contributed by atoms with Crippen LogP contribution in [0.15, 0.2) is 22.7 Å². The number of carbonyl (C=O) groups is 1. The molecule has 2 aliphatic heterocycles. The normalized spacial score (nSPS) is 28.7. The fourth-order valence-electron chi connectivity index (χ4n) is 3.01. The van der Waals surface area contributed by atoms with Gasteiger partial charge in [0.2, 0.25) is 5.91 Å². The molecule has 3 rings (SSSR count). The van der Waals surface area contributed by atoms with Gasteiger partial charge in [-0.1, -0.05) is 6.07 Å². The average Bonchev–Trinajstić information content (AvgIpc) is 2.70. The van der Waals surface area contributed by atoms with Crippen molar-refractivity contribution in [3.63, 3.8) is 0 Å². The number of hydrogen-bond acceptors (Lipinski definition) is 3. The first-order chi connectivity index (χ1) is 8.87. The minimum absolute atomic E-state index is 0.0226. The molecule has 102 valence electrons. The van der Waals surface area contributed by atoms with Crippen LogP contribution in [0.25, 0.3) is 0 Å². The molecule has 0 N–H and O–H groups in total. The molecule has 0 spiro atoms. The van der Waals surface area contributed by atoms with Gasteiger partial charge in [0.05, 0.1) is 23.2 Å². The molecule has 0 aliphatic carbocycles. The van der Waals surface area contributed by atoms with Crippen molar-refractivity contribution in [2.75, 3.05) is 16.4 Å². The molecule has 0 bridgehead atoms. The van der Waals surface area contributed by atoms with Crippen molar-refractivity contribution in [2.45, 2.75) is 19.4 Å². The summed E-state index contributed by atoms with van der Waals surface area (Å²) < 4.78 is 24.3. The topological polar surface area (TPSA) is 54.5 Å².